The van der Waals surface area contributed by atoms with Crippen LogP contribution < -0.4 is 0 Å². The summed E-state index contributed by atoms with van der Waals surface area (Å²) >= 11 is 4.88. The van der Waals surface area contributed by atoms with E-state index >= 15 is 0 Å². The molecule has 1 amide bonds. The number of aliphatic hydroxyl groups excluding tert-OH is 1. The minimum absolute atomic E-state index is 0.0312. The van der Waals surface area contributed by atoms with Crippen LogP contribution in [0.5, 0.6) is 0 Å². The zero-order valence-electron chi connectivity index (χ0n) is 10.5. The second-order valence-corrected chi connectivity index (χ2v) is 6.67. The highest BCUT2D eigenvalue weighted by atomic mass is 79.9. The van der Waals surface area contributed by atoms with Crippen molar-refractivity contribution >= 4 is 33.2 Å². The van der Waals surface area contributed by atoms with Crippen LogP contribution in [0.25, 0.3) is 0 Å². The van der Waals surface area contributed by atoms with Gasteiger partial charge in [0.05, 0.1) is 0 Å². The summed E-state index contributed by atoms with van der Waals surface area (Å²) in [6.07, 6.45) is 2.78. The number of thiophene rings is 1. The fraction of sp³-hybridized carbons (Fsp3) is 0.615. The third kappa shape index (κ3) is 2.63. The van der Waals surface area contributed by atoms with Crippen LogP contribution in [-0.4, -0.2) is 35.6 Å². The first-order valence-electron chi connectivity index (χ1n) is 6.25. The van der Waals surface area contributed by atoms with Gasteiger partial charge in [0.2, 0.25) is 0 Å². The first kappa shape index (κ1) is 14.0. The van der Waals surface area contributed by atoms with E-state index < -0.39 is 0 Å². The predicted molar refractivity (Wildman–Crippen MR) is 77.0 cm³/mol. The minimum Gasteiger partial charge on any atom is -0.396 e. The summed E-state index contributed by atoms with van der Waals surface area (Å²) in [4.78, 5) is 15.0. The lowest BCUT2D eigenvalue weighted by Gasteiger charge is -2.40. The molecule has 0 radical (unpaired) electrons. The molecule has 0 aliphatic carbocycles. The van der Waals surface area contributed by atoms with Gasteiger partial charge in [-0.2, -0.15) is 0 Å². The zero-order chi connectivity index (χ0) is 13.2. The van der Waals surface area contributed by atoms with E-state index in [1.807, 2.05) is 16.3 Å². The Hall–Kier alpha value is -0.390. The molecule has 18 heavy (non-hydrogen) atoms. The number of amides is 1. The van der Waals surface area contributed by atoms with Crippen LogP contribution in [0.2, 0.25) is 0 Å². The van der Waals surface area contributed by atoms with Crippen molar-refractivity contribution in [1.82, 2.24) is 4.90 Å². The van der Waals surface area contributed by atoms with Gasteiger partial charge in [-0.1, -0.05) is 6.92 Å². The van der Waals surface area contributed by atoms with Gasteiger partial charge in [-0.3, -0.25) is 4.79 Å². The average molecular weight is 332 g/mol. The first-order valence-corrected chi connectivity index (χ1v) is 7.92. The molecule has 1 aliphatic heterocycles. The molecule has 0 bridgehead atoms. The van der Waals surface area contributed by atoms with Gasteiger partial charge >= 0.3 is 0 Å². The summed E-state index contributed by atoms with van der Waals surface area (Å²) in [6.45, 7) is 3.84. The lowest BCUT2D eigenvalue weighted by molar-refractivity contribution is 0.0340. The predicted octanol–water partition coefficient (Wildman–Crippen LogP) is 3.14. The maximum Gasteiger partial charge on any atom is 0.265 e. The zero-order valence-corrected chi connectivity index (χ0v) is 12.9. The highest BCUT2D eigenvalue weighted by molar-refractivity contribution is 9.10. The van der Waals surface area contributed by atoms with E-state index in [0.717, 1.165) is 41.7 Å². The maximum atomic E-state index is 12.3. The number of halogens is 1. The first-order chi connectivity index (χ1) is 8.62. The number of nitrogens with zero attached hydrogens (tertiary/aromatic N) is 1. The average Bonchev–Trinajstić information content (AvgIpc) is 2.84. The summed E-state index contributed by atoms with van der Waals surface area (Å²) < 4.78 is 0.881. The summed E-state index contributed by atoms with van der Waals surface area (Å²) in [6, 6.07) is 1.91. The van der Waals surface area contributed by atoms with Crippen LogP contribution in [0, 0.1) is 5.41 Å². The Kier molecular flexibility index (Phi) is 4.45. The molecule has 1 aliphatic rings. The van der Waals surface area contributed by atoms with Crippen LogP contribution >= 0.6 is 27.3 Å². The Bertz CT molecular complexity index is 418. The Morgan fingerprint density at radius 1 is 1.56 bits per heavy atom. The number of piperidine rings is 1. The summed E-state index contributed by atoms with van der Waals surface area (Å²) in [5.41, 5.74) is 0.0312. The molecule has 5 heteroatoms. The standard InChI is InChI=1S/C13H18BrNO2S/c1-2-13(9-16)4-6-15(7-5-13)12(17)11-10(14)3-8-18-11/h3,8,16H,2,4-7,9H2,1H3. The number of hydrogen-bond acceptors (Lipinski definition) is 3. The van der Waals surface area contributed by atoms with Crippen molar-refractivity contribution in [3.63, 3.8) is 0 Å². The van der Waals surface area contributed by atoms with Gasteiger partial charge in [0.1, 0.15) is 4.88 Å². The fourth-order valence-corrected chi connectivity index (χ4v) is 3.91. The molecule has 1 saturated heterocycles. The van der Waals surface area contributed by atoms with Crippen molar-refractivity contribution in [2.45, 2.75) is 26.2 Å². The van der Waals surface area contributed by atoms with Crippen molar-refractivity contribution in [3.8, 4) is 0 Å². The molecular weight excluding hydrogens is 314 g/mol. The molecule has 1 aromatic heterocycles. The Morgan fingerprint density at radius 3 is 2.67 bits per heavy atom. The number of carbonyl (C=O) groups is 1. The van der Waals surface area contributed by atoms with E-state index in [4.69, 9.17) is 0 Å². The van der Waals surface area contributed by atoms with E-state index in [1.165, 1.54) is 11.3 Å². The summed E-state index contributed by atoms with van der Waals surface area (Å²) in [5, 5.41) is 11.4. The highest BCUT2D eigenvalue weighted by Gasteiger charge is 2.34. The largest absolute Gasteiger partial charge is 0.396 e. The van der Waals surface area contributed by atoms with Gasteiger partial charge in [-0.25, -0.2) is 0 Å². The van der Waals surface area contributed by atoms with E-state index in [0.29, 0.717) is 0 Å². The van der Waals surface area contributed by atoms with Crippen molar-refractivity contribution in [3.05, 3.63) is 20.8 Å². The molecule has 1 aromatic rings. The summed E-state index contributed by atoms with van der Waals surface area (Å²) in [7, 11) is 0. The summed E-state index contributed by atoms with van der Waals surface area (Å²) in [5.74, 6) is 0.111. The molecule has 100 valence electrons. The molecule has 0 atom stereocenters. The van der Waals surface area contributed by atoms with E-state index in [9.17, 15) is 9.90 Å². The van der Waals surface area contributed by atoms with Gasteiger partial charge < -0.3 is 10.0 Å². The second-order valence-electron chi connectivity index (χ2n) is 4.90. The van der Waals surface area contributed by atoms with Crippen LogP contribution in [0.1, 0.15) is 35.9 Å². The maximum absolute atomic E-state index is 12.3. The van der Waals surface area contributed by atoms with Gasteiger partial charge in [-0.15, -0.1) is 11.3 Å². The Labute approximate surface area is 120 Å². The van der Waals surface area contributed by atoms with Gasteiger partial charge in [-0.05, 0) is 52.1 Å². The monoisotopic (exact) mass is 331 g/mol. The smallest absolute Gasteiger partial charge is 0.265 e. The third-order valence-electron chi connectivity index (χ3n) is 4.01. The molecule has 3 nitrogen and oxygen atoms in total. The van der Waals surface area contributed by atoms with Crippen molar-refractivity contribution in [2.75, 3.05) is 19.7 Å². The SMILES string of the molecule is CCC1(CO)CCN(C(=O)c2sccc2Br)CC1. The molecule has 2 heterocycles. The van der Waals surface area contributed by atoms with Crippen LogP contribution in [0.4, 0.5) is 0 Å². The van der Waals surface area contributed by atoms with Crippen molar-refractivity contribution in [2.24, 2.45) is 5.41 Å². The second kappa shape index (κ2) is 5.72. The number of rotatable bonds is 3. The molecule has 0 aromatic carbocycles. The molecule has 0 saturated carbocycles. The number of carbonyl (C=O) groups excluding carboxylic acids is 1. The third-order valence-corrected chi connectivity index (χ3v) is 5.83. The van der Waals surface area contributed by atoms with E-state index in [1.54, 1.807) is 0 Å². The van der Waals surface area contributed by atoms with Crippen LogP contribution in [0.15, 0.2) is 15.9 Å². The quantitative estimate of drug-likeness (QED) is 0.924. The van der Waals surface area contributed by atoms with Gasteiger partial charge in [0.15, 0.2) is 0 Å². The molecule has 1 N–H and O–H groups in total. The molecule has 1 fully saturated rings. The topological polar surface area (TPSA) is 40.5 Å². The molecular formula is C13H18BrNO2S. The van der Waals surface area contributed by atoms with Crippen molar-refractivity contribution < 1.29 is 9.90 Å². The molecule has 0 spiro atoms. The van der Waals surface area contributed by atoms with Gasteiger partial charge in [0.25, 0.3) is 5.91 Å². The molecule has 2 rings (SSSR count). The number of likely N-dealkylation sites (tertiary alicyclic amines) is 1. The minimum atomic E-state index is 0.0312. The van der Waals surface area contributed by atoms with E-state index in [-0.39, 0.29) is 17.9 Å². The molecule has 0 unspecified atom stereocenters. The fourth-order valence-electron chi connectivity index (χ4n) is 2.40. The lowest BCUT2D eigenvalue weighted by atomic mass is 9.77. The van der Waals surface area contributed by atoms with Crippen LogP contribution in [0.3, 0.4) is 0 Å². The van der Waals surface area contributed by atoms with Crippen molar-refractivity contribution in [1.29, 1.82) is 0 Å². The lowest BCUT2D eigenvalue weighted by Crippen LogP contribution is -2.44. The normalized spacial score (nSPS) is 18.9. The number of hydrogen-bond donors (Lipinski definition) is 1. The van der Waals surface area contributed by atoms with Gasteiger partial charge in [0, 0.05) is 24.2 Å². The highest BCUT2D eigenvalue weighted by Crippen LogP contribution is 2.35. The van der Waals surface area contributed by atoms with Crippen LogP contribution in [-0.2, 0) is 0 Å². The Morgan fingerprint density at radius 2 is 2.22 bits per heavy atom. The number of aliphatic hydroxyl groups is 1. The van der Waals surface area contributed by atoms with E-state index in [2.05, 4.69) is 22.9 Å². The Balaban J connectivity index is 2.02.